The first-order chi connectivity index (χ1) is 21.0. The topological polar surface area (TPSA) is 135 Å². The average molecular weight is 594 g/mol. The molecule has 9 nitrogen and oxygen atoms in total. The number of hydrogen-bond donors (Lipinski definition) is 3. The molecule has 6 atom stereocenters. The van der Waals surface area contributed by atoms with E-state index in [-0.39, 0.29) is 24.0 Å². The molecule has 2 heterocycles. The second-order valence-electron chi connectivity index (χ2n) is 12.2. The molecule has 222 valence electrons. The molecule has 3 aromatic carbocycles. The first-order valence-electron chi connectivity index (χ1n) is 14.5. The Hall–Kier alpha value is -4.61. The number of phenols is 1. The number of rotatable bonds is 4. The summed E-state index contributed by atoms with van der Waals surface area (Å²) in [4.78, 5) is 58.5. The number of carbonyl (C=O) groups excluding carboxylic acids is 4. The largest absolute Gasteiger partial charge is 0.505 e. The van der Waals surface area contributed by atoms with Gasteiger partial charge in [-0.3, -0.25) is 24.1 Å². The van der Waals surface area contributed by atoms with E-state index in [1.165, 1.54) is 41.3 Å². The lowest BCUT2D eigenvalue weighted by molar-refractivity contribution is -0.131. The Balaban J connectivity index is 1.36. The first kappa shape index (κ1) is 28.2. The van der Waals surface area contributed by atoms with Crippen LogP contribution in [0.25, 0.3) is 0 Å². The maximum atomic E-state index is 14.8. The van der Waals surface area contributed by atoms with E-state index >= 15 is 0 Å². The molecule has 4 aliphatic rings. The second-order valence-corrected chi connectivity index (χ2v) is 12.2. The Bertz CT molecular complexity index is 1780. The van der Waals surface area contributed by atoms with Crippen molar-refractivity contribution in [1.29, 1.82) is 0 Å². The molecule has 0 bridgehead atoms. The number of phenolic OH excluding ortho intramolecular Hbond substituents is 1. The van der Waals surface area contributed by atoms with Crippen molar-refractivity contribution >= 4 is 47.6 Å². The maximum Gasteiger partial charge on any atom is 0.488 e. The number of allylic oxidation sites excluding steroid dienone is 2. The van der Waals surface area contributed by atoms with Gasteiger partial charge in [-0.15, -0.1) is 0 Å². The van der Waals surface area contributed by atoms with Crippen molar-refractivity contribution < 1.29 is 38.7 Å². The minimum absolute atomic E-state index is 0.121. The molecule has 2 aliphatic carbocycles. The third-order valence-electron chi connectivity index (χ3n) is 10.0. The van der Waals surface area contributed by atoms with Gasteiger partial charge in [0.05, 0.1) is 34.5 Å². The van der Waals surface area contributed by atoms with Crippen molar-refractivity contribution in [3.63, 3.8) is 0 Å². The van der Waals surface area contributed by atoms with Crippen LogP contribution >= 0.6 is 0 Å². The van der Waals surface area contributed by atoms with Gasteiger partial charge in [0.2, 0.25) is 23.6 Å². The molecule has 44 heavy (non-hydrogen) atoms. The zero-order valence-corrected chi connectivity index (χ0v) is 23.6. The van der Waals surface area contributed by atoms with E-state index in [9.17, 15) is 38.7 Å². The summed E-state index contributed by atoms with van der Waals surface area (Å²) in [6, 6.07) is 18.4. The van der Waals surface area contributed by atoms with Gasteiger partial charge in [0.1, 0.15) is 0 Å². The van der Waals surface area contributed by atoms with Gasteiger partial charge in [-0.2, -0.15) is 0 Å². The van der Waals surface area contributed by atoms with Gasteiger partial charge in [-0.1, -0.05) is 48.0 Å². The van der Waals surface area contributed by atoms with Crippen LogP contribution in [0.15, 0.2) is 84.4 Å². The molecule has 7 rings (SSSR count). The summed E-state index contributed by atoms with van der Waals surface area (Å²) >= 11 is 0. The molecule has 2 saturated heterocycles. The molecule has 3 fully saturated rings. The van der Waals surface area contributed by atoms with Gasteiger partial charge in [0, 0.05) is 5.92 Å². The Morgan fingerprint density at radius 1 is 0.841 bits per heavy atom. The van der Waals surface area contributed by atoms with E-state index in [1.54, 1.807) is 43.3 Å². The molecule has 3 N–H and O–H groups in total. The summed E-state index contributed by atoms with van der Waals surface area (Å²) in [5.41, 5.74) is 0.484. The fourth-order valence-electron chi connectivity index (χ4n) is 8.00. The molecule has 0 spiro atoms. The lowest BCUT2D eigenvalue weighted by atomic mass is 9.51. The van der Waals surface area contributed by atoms with Crippen LogP contribution < -0.4 is 15.3 Å². The Kier molecular flexibility index (Phi) is 6.38. The molecule has 4 amide bonds. The number of halogens is 1. The van der Waals surface area contributed by atoms with Gasteiger partial charge >= 0.3 is 7.12 Å². The zero-order valence-electron chi connectivity index (χ0n) is 23.6. The van der Waals surface area contributed by atoms with E-state index in [1.807, 2.05) is 6.08 Å². The van der Waals surface area contributed by atoms with Crippen molar-refractivity contribution in [3.8, 4) is 5.75 Å². The number of imide groups is 2. The number of anilines is 2. The molecule has 0 radical (unpaired) electrons. The summed E-state index contributed by atoms with van der Waals surface area (Å²) in [5, 5.41) is 29.3. The van der Waals surface area contributed by atoms with Crippen LogP contribution in [0.2, 0.25) is 0 Å². The van der Waals surface area contributed by atoms with Crippen LogP contribution in [-0.2, 0) is 19.2 Å². The third-order valence-corrected chi connectivity index (χ3v) is 10.0. The number of para-hydroxylation sites is 1. The van der Waals surface area contributed by atoms with Gasteiger partial charge in [-0.25, -0.2) is 9.29 Å². The molecule has 3 aromatic rings. The van der Waals surface area contributed by atoms with Crippen LogP contribution in [0.4, 0.5) is 15.8 Å². The van der Waals surface area contributed by atoms with Crippen LogP contribution in [0.3, 0.4) is 0 Å². The van der Waals surface area contributed by atoms with Crippen LogP contribution in [0.1, 0.15) is 31.2 Å². The minimum Gasteiger partial charge on any atom is -0.505 e. The fourth-order valence-corrected chi connectivity index (χ4v) is 8.00. The monoisotopic (exact) mass is 594 g/mol. The quantitative estimate of drug-likeness (QED) is 0.240. The van der Waals surface area contributed by atoms with Crippen LogP contribution in [0, 0.1) is 34.9 Å². The summed E-state index contributed by atoms with van der Waals surface area (Å²) in [5.74, 6) is -7.04. The van der Waals surface area contributed by atoms with E-state index in [0.29, 0.717) is 16.8 Å². The number of amides is 4. The van der Waals surface area contributed by atoms with Gasteiger partial charge < -0.3 is 15.2 Å². The SMILES string of the molecule is CC12C(=O)N(c3ccccc3)C(=O)C1CC1C(=CCC3C(=O)N(c4cccc(B(O)O)c4)C(=O)C31)C2c1ccc(O)c(F)c1. The third kappa shape index (κ3) is 3.85. The predicted octanol–water partition coefficient (Wildman–Crippen LogP) is 2.65. The van der Waals surface area contributed by atoms with E-state index in [2.05, 4.69) is 0 Å². The Morgan fingerprint density at radius 2 is 1.57 bits per heavy atom. The smallest absolute Gasteiger partial charge is 0.488 e. The standard InChI is InChI=1S/C33H28BFN2O7/c1-33-24(30(40)37(32(33)42)19-7-3-2-4-8-19)16-23-21(28(33)17-10-13-26(38)25(35)14-17)11-12-22-27(23)31(41)36(29(22)39)20-9-5-6-18(15-20)34(43)44/h2-11,13-15,22-24,27-28,38,43-44H,12,16H2,1H3. The first-order valence-corrected chi connectivity index (χ1v) is 14.5. The van der Waals surface area contributed by atoms with Gasteiger partial charge in [-0.05, 0) is 73.1 Å². The minimum atomic E-state index is -1.79. The lowest BCUT2D eigenvalue weighted by Gasteiger charge is -2.49. The number of aromatic hydroxyl groups is 1. The summed E-state index contributed by atoms with van der Waals surface area (Å²) in [7, 11) is -1.79. The molecule has 11 heteroatoms. The predicted molar refractivity (Wildman–Crippen MR) is 158 cm³/mol. The summed E-state index contributed by atoms with van der Waals surface area (Å²) in [6.07, 6.45) is 2.19. The van der Waals surface area contributed by atoms with Crippen molar-refractivity contribution in [2.24, 2.45) is 29.1 Å². The fraction of sp³-hybridized carbons (Fsp3) is 0.273. The van der Waals surface area contributed by atoms with Crippen LogP contribution in [-0.4, -0.2) is 45.9 Å². The highest BCUT2D eigenvalue weighted by atomic mass is 19.1. The molecular weight excluding hydrogens is 566 g/mol. The number of carbonyl (C=O) groups is 4. The van der Waals surface area contributed by atoms with Crippen molar-refractivity contribution in [2.45, 2.75) is 25.7 Å². The van der Waals surface area contributed by atoms with Gasteiger partial charge in [0.15, 0.2) is 11.6 Å². The zero-order chi connectivity index (χ0) is 31.1. The molecular formula is C33H28BFN2O7. The molecule has 6 unspecified atom stereocenters. The maximum absolute atomic E-state index is 14.8. The highest BCUT2D eigenvalue weighted by molar-refractivity contribution is 6.58. The average Bonchev–Trinajstić information content (AvgIpc) is 3.38. The van der Waals surface area contributed by atoms with Gasteiger partial charge in [0.25, 0.3) is 0 Å². The van der Waals surface area contributed by atoms with E-state index < -0.39 is 77.3 Å². The Morgan fingerprint density at radius 3 is 2.27 bits per heavy atom. The van der Waals surface area contributed by atoms with Crippen molar-refractivity contribution in [1.82, 2.24) is 0 Å². The highest BCUT2D eigenvalue weighted by Gasteiger charge is 2.67. The second kappa shape index (κ2) is 9.97. The highest BCUT2D eigenvalue weighted by Crippen LogP contribution is 2.63. The summed E-state index contributed by atoms with van der Waals surface area (Å²) in [6.45, 7) is 1.71. The Labute approximate surface area is 252 Å². The lowest BCUT2D eigenvalue weighted by Crippen LogP contribution is -2.48. The number of nitrogens with zero attached hydrogens (tertiary/aromatic N) is 2. The molecule has 1 saturated carbocycles. The normalized spacial score (nSPS) is 29.4. The molecule has 2 aliphatic heterocycles. The van der Waals surface area contributed by atoms with E-state index in [0.717, 1.165) is 4.90 Å². The van der Waals surface area contributed by atoms with E-state index in [4.69, 9.17) is 0 Å². The van der Waals surface area contributed by atoms with Crippen molar-refractivity contribution in [3.05, 3.63) is 95.8 Å². The molecule has 0 aromatic heterocycles. The number of benzene rings is 3. The summed E-state index contributed by atoms with van der Waals surface area (Å²) < 4.78 is 14.8. The van der Waals surface area contributed by atoms with Crippen molar-refractivity contribution in [2.75, 3.05) is 9.80 Å². The van der Waals surface area contributed by atoms with Crippen LogP contribution in [0.5, 0.6) is 5.75 Å². The number of fused-ring (bicyclic) bond motifs is 4. The number of hydrogen-bond acceptors (Lipinski definition) is 7.